The molecule has 3 amide bonds. The predicted octanol–water partition coefficient (Wildman–Crippen LogP) is 3.36. The van der Waals surface area contributed by atoms with E-state index in [0.717, 1.165) is 12.8 Å². The van der Waals surface area contributed by atoms with Crippen molar-refractivity contribution in [1.82, 2.24) is 10.2 Å². The van der Waals surface area contributed by atoms with E-state index in [4.69, 9.17) is 16.0 Å². The first-order valence-corrected chi connectivity index (χ1v) is 8.14. The largest absolute Gasteiger partial charge is 0.472 e. The molecular weight excluding hydrogens is 330 g/mol. The topological polar surface area (TPSA) is 74.6 Å². The fourth-order valence-electron chi connectivity index (χ4n) is 2.68. The number of rotatable bonds is 3. The fraction of sp³-hybridized carbons (Fsp3) is 0.294. The standard InChI is InChI=1S/C17H18ClN3O3/c18-13-1-3-14(4-2-13)19-17(23)20-15-5-8-21(9-6-15)16(22)12-7-10-24-11-12/h1-4,7,10-11,15H,5-6,8-9H2,(H2,19,20,23). The minimum absolute atomic E-state index is 0.0344. The van der Waals surface area contributed by atoms with Crippen molar-refractivity contribution in [2.45, 2.75) is 18.9 Å². The highest BCUT2D eigenvalue weighted by molar-refractivity contribution is 6.30. The van der Waals surface area contributed by atoms with Crippen LogP contribution in [0.2, 0.25) is 5.02 Å². The number of hydrogen-bond acceptors (Lipinski definition) is 3. The number of urea groups is 1. The number of likely N-dealkylation sites (tertiary alicyclic amines) is 1. The van der Waals surface area contributed by atoms with Crippen LogP contribution in [0.25, 0.3) is 0 Å². The lowest BCUT2D eigenvalue weighted by Gasteiger charge is -2.32. The van der Waals surface area contributed by atoms with Crippen LogP contribution in [0.1, 0.15) is 23.2 Å². The summed E-state index contributed by atoms with van der Waals surface area (Å²) >= 11 is 5.81. The molecule has 0 atom stereocenters. The number of furan rings is 1. The van der Waals surface area contributed by atoms with E-state index in [1.165, 1.54) is 12.5 Å². The Labute approximate surface area is 144 Å². The average Bonchev–Trinajstić information content (AvgIpc) is 3.11. The van der Waals surface area contributed by atoms with Gasteiger partial charge in [0.15, 0.2) is 0 Å². The van der Waals surface area contributed by atoms with Crippen LogP contribution in [-0.2, 0) is 0 Å². The van der Waals surface area contributed by atoms with Gasteiger partial charge in [0.1, 0.15) is 6.26 Å². The highest BCUT2D eigenvalue weighted by Crippen LogP contribution is 2.16. The summed E-state index contributed by atoms with van der Waals surface area (Å²) < 4.78 is 4.94. The lowest BCUT2D eigenvalue weighted by atomic mass is 10.0. The summed E-state index contributed by atoms with van der Waals surface area (Å²) in [4.78, 5) is 26.0. The Morgan fingerprint density at radius 1 is 1.12 bits per heavy atom. The third-order valence-corrected chi connectivity index (χ3v) is 4.24. The van der Waals surface area contributed by atoms with Crippen LogP contribution in [0.3, 0.4) is 0 Å². The van der Waals surface area contributed by atoms with Crippen molar-refractivity contribution < 1.29 is 14.0 Å². The Morgan fingerprint density at radius 3 is 2.46 bits per heavy atom. The van der Waals surface area contributed by atoms with E-state index < -0.39 is 0 Å². The van der Waals surface area contributed by atoms with E-state index in [2.05, 4.69) is 10.6 Å². The van der Waals surface area contributed by atoms with Crippen LogP contribution >= 0.6 is 11.6 Å². The van der Waals surface area contributed by atoms with E-state index in [1.807, 2.05) is 0 Å². The molecule has 0 saturated carbocycles. The number of hydrogen-bond donors (Lipinski definition) is 2. The zero-order valence-corrected chi connectivity index (χ0v) is 13.8. The number of anilines is 1. The van der Waals surface area contributed by atoms with Crippen molar-refractivity contribution >= 4 is 29.2 Å². The Morgan fingerprint density at radius 2 is 1.83 bits per heavy atom. The molecule has 2 N–H and O–H groups in total. The number of benzene rings is 1. The zero-order chi connectivity index (χ0) is 16.9. The van der Waals surface area contributed by atoms with Crippen LogP contribution < -0.4 is 10.6 Å². The maximum atomic E-state index is 12.2. The smallest absolute Gasteiger partial charge is 0.319 e. The van der Waals surface area contributed by atoms with E-state index in [0.29, 0.717) is 29.4 Å². The fourth-order valence-corrected chi connectivity index (χ4v) is 2.81. The van der Waals surface area contributed by atoms with Crippen LogP contribution in [0.4, 0.5) is 10.5 Å². The highest BCUT2D eigenvalue weighted by atomic mass is 35.5. The third-order valence-electron chi connectivity index (χ3n) is 3.99. The van der Waals surface area contributed by atoms with Crippen molar-refractivity contribution in [2.24, 2.45) is 0 Å². The SMILES string of the molecule is O=C(Nc1ccc(Cl)cc1)NC1CCN(C(=O)c2ccoc2)CC1. The first kappa shape index (κ1) is 16.4. The molecule has 3 rings (SSSR count). The molecule has 2 heterocycles. The first-order valence-electron chi connectivity index (χ1n) is 7.76. The molecule has 126 valence electrons. The van der Waals surface area contributed by atoms with Gasteiger partial charge in [0.2, 0.25) is 0 Å². The quantitative estimate of drug-likeness (QED) is 0.894. The monoisotopic (exact) mass is 347 g/mol. The van der Waals surface area contributed by atoms with Crippen LogP contribution in [0.15, 0.2) is 47.3 Å². The Balaban J connectivity index is 1.46. The Hall–Kier alpha value is -2.47. The Kier molecular flexibility index (Phi) is 5.05. The number of nitrogens with zero attached hydrogens (tertiary/aromatic N) is 1. The molecule has 0 spiro atoms. The van der Waals surface area contributed by atoms with Gasteiger partial charge in [0.05, 0.1) is 11.8 Å². The van der Waals surface area contributed by atoms with Gasteiger partial charge in [-0.3, -0.25) is 4.79 Å². The molecule has 2 aromatic rings. The number of carbonyl (C=O) groups is 2. The van der Waals surface area contributed by atoms with Gasteiger partial charge in [-0.1, -0.05) is 11.6 Å². The summed E-state index contributed by atoms with van der Waals surface area (Å²) in [6.45, 7) is 1.21. The Bertz CT molecular complexity index is 692. The normalized spacial score (nSPS) is 15.1. The number of piperidine rings is 1. The number of carbonyl (C=O) groups excluding carboxylic acids is 2. The molecule has 0 radical (unpaired) electrons. The van der Waals surface area contributed by atoms with Gasteiger partial charge in [-0.25, -0.2) is 4.79 Å². The lowest BCUT2D eigenvalue weighted by molar-refractivity contribution is 0.0708. The van der Waals surface area contributed by atoms with Crippen molar-refractivity contribution in [3.63, 3.8) is 0 Å². The number of nitrogens with one attached hydrogen (secondary N) is 2. The molecule has 7 heteroatoms. The van der Waals surface area contributed by atoms with E-state index in [9.17, 15) is 9.59 Å². The molecule has 1 aromatic heterocycles. The molecule has 1 aliphatic heterocycles. The van der Waals surface area contributed by atoms with Crippen molar-refractivity contribution in [3.8, 4) is 0 Å². The molecule has 1 saturated heterocycles. The average molecular weight is 348 g/mol. The van der Waals surface area contributed by atoms with Gasteiger partial charge in [0, 0.05) is 29.8 Å². The maximum absolute atomic E-state index is 12.2. The van der Waals surface area contributed by atoms with Crippen molar-refractivity contribution in [1.29, 1.82) is 0 Å². The predicted molar refractivity (Wildman–Crippen MR) is 91.2 cm³/mol. The van der Waals surface area contributed by atoms with Gasteiger partial charge in [-0.2, -0.15) is 0 Å². The molecule has 1 fully saturated rings. The van der Waals surface area contributed by atoms with E-state index in [1.54, 1.807) is 35.2 Å². The second-order valence-electron chi connectivity index (χ2n) is 5.68. The summed E-state index contributed by atoms with van der Waals surface area (Å²) in [5, 5.41) is 6.33. The van der Waals surface area contributed by atoms with Gasteiger partial charge in [-0.05, 0) is 43.2 Å². The van der Waals surface area contributed by atoms with Gasteiger partial charge in [0.25, 0.3) is 5.91 Å². The van der Waals surface area contributed by atoms with E-state index in [-0.39, 0.29) is 18.0 Å². The summed E-state index contributed by atoms with van der Waals surface area (Å²) in [6.07, 6.45) is 4.38. The van der Waals surface area contributed by atoms with Crippen LogP contribution in [0, 0.1) is 0 Å². The number of amides is 3. The summed E-state index contributed by atoms with van der Waals surface area (Å²) in [5.41, 5.74) is 1.24. The molecule has 24 heavy (non-hydrogen) atoms. The van der Waals surface area contributed by atoms with Crippen molar-refractivity contribution in [2.75, 3.05) is 18.4 Å². The highest BCUT2D eigenvalue weighted by Gasteiger charge is 2.25. The van der Waals surface area contributed by atoms with Gasteiger partial charge >= 0.3 is 6.03 Å². The second-order valence-corrected chi connectivity index (χ2v) is 6.12. The second kappa shape index (κ2) is 7.40. The minimum atomic E-state index is -0.253. The van der Waals surface area contributed by atoms with Crippen molar-refractivity contribution in [3.05, 3.63) is 53.4 Å². The molecule has 1 aromatic carbocycles. The molecule has 6 nitrogen and oxygen atoms in total. The summed E-state index contributed by atoms with van der Waals surface area (Å²) in [5.74, 6) is -0.0344. The summed E-state index contributed by atoms with van der Waals surface area (Å²) in [6, 6.07) is 8.38. The molecule has 0 bridgehead atoms. The number of halogens is 1. The van der Waals surface area contributed by atoms with Gasteiger partial charge in [-0.15, -0.1) is 0 Å². The van der Waals surface area contributed by atoms with Gasteiger partial charge < -0.3 is 20.0 Å². The third kappa shape index (κ3) is 4.08. The van der Waals surface area contributed by atoms with Crippen LogP contribution in [-0.4, -0.2) is 36.0 Å². The molecular formula is C17H18ClN3O3. The molecule has 0 aliphatic carbocycles. The van der Waals surface area contributed by atoms with Crippen LogP contribution in [0.5, 0.6) is 0 Å². The maximum Gasteiger partial charge on any atom is 0.319 e. The molecule has 1 aliphatic rings. The summed E-state index contributed by atoms with van der Waals surface area (Å²) in [7, 11) is 0. The lowest BCUT2D eigenvalue weighted by Crippen LogP contribution is -2.47. The zero-order valence-electron chi connectivity index (χ0n) is 13.0. The van der Waals surface area contributed by atoms with E-state index >= 15 is 0 Å². The first-order chi connectivity index (χ1) is 11.6. The minimum Gasteiger partial charge on any atom is -0.472 e. The molecule has 0 unspecified atom stereocenters.